The van der Waals surface area contributed by atoms with Crippen LogP contribution in [0.1, 0.15) is 5.56 Å². The summed E-state index contributed by atoms with van der Waals surface area (Å²) >= 11 is 10.5. The molecule has 4 heteroatoms. The average Bonchev–Trinajstić information content (AvgIpc) is 2.46. The van der Waals surface area contributed by atoms with E-state index in [0.717, 1.165) is 14.0 Å². The van der Waals surface area contributed by atoms with E-state index in [-0.39, 0.29) is 5.82 Å². The fourth-order valence-corrected chi connectivity index (χ4v) is 2.97. The van der Waals surface area contributed by atoms with Crippen LogP contribution in [-0.4, -0.2) is 0 Å². The number of benzene rings is 1. The maximum absolute atomic E-state index is 13.4. The minimum atomic E-state index is -0.199. The van der Waals surface area contributed by atoms with E-state index in [1.54, 1.807) is 6.07 Å². The van der Waals surface area contributed by atoms with Crippen molar-refractivity contribution < 1.29 is 4.39 Å². The van der Waals surface area contributed by atoms with Crippen LogP contribution in [0.15, 0.2) is 22.0 Å². The van der Waals surface area contributed by atoms with Gasteiger partial charge in [0, 0.05) is 16.0 Å². The predicted octanol–water partition coefficient (Wildman–Crippen LogP) is 4.54. The van der Waals surface area contributed by atoms with E-state index in [4.69, 9.17) is 11.6 Å². The lowest BCUT2D eigenvalue weighted by Gasteiger charge is -1.96. The molecule has 0 nitrogen and oxygen atoms in total. The number of fused-ring (bicyclic) bond motifs is 1. The second kappa shape index (κ2) is 3.56. The van der Waals surface area contributed by atoms with Crippen LogP contribution < -0.4 is 0 Å². The molecule has 0 fully saturated rings. The molecule has 0 amide bonds. The second-order valence-electron chi connectivity index (χ2n) is 2.67. The summed E-state index contributed by atoms with van der Waals surface area (Å²) in [7, 11) is 0. The van der Waals surface area contributed by atoms with Crippen molar-refractivity contribution in [2.45, 2.75) is 5.88 Å². The number of thiophene rings is 1. The Bertz CT molecular complexity index is 452. The first kappa shape index (κ1) is 9.44. The van der Waals surface area contributed by atoms with Crippen molar-refractivity contribution in [2.24, 2.45) is 0 Å². The van der Waals surface area contributed by atoms with Gasteiger partial charge in [0.15, 0.2) is 0 Å². The number of hydrogen-bond acceptors (Lipinski definition) is 1. The molecule has 0 saturated carbocycles. The fourth-order valence-electron chi connectivity index (χ4n) is 1.20. The summed E-state index contributed by atoms with van der Waals surface area (Å²) in [5, 5.41) is 0.658. The number of alkyl halides is 1. The summed E-state index contributed by atoms with van der Waals surface area (Å²) in [6.45, 7) is 0. The Morgan fingerprint density at radius 2 is 2.15 bits per heavy atom. The first-order valence-corrected chi connectivity index (χ1v) is 5.78. The summed E-state index contributed by atoms with van der Waals surface area (Å²) in [6, 6.07) is 5.18. The van der Waals surface area contributed by atoms with Gasteiger partial charge in [-0.05, 0) is 39.7 Å². The van der Waals surface area contributed by atoms with E-state index in [9.17, 15) is 4.39 Å². The van der Waals surface area contributed by atoms with E-state index in [1.165, 1.54) is 17.4 Å². The van der Waals surface area contributed by atoms with Crippen molar-refractivity contribution in [2.75, 3.05) is 0 Å². The van der Waals surface area contributed by atoms with Crippen molar-refractivity contribution >= 4 is 49.0 Å². The molecule has 1 aromatic carbocycles. The maximum Gasteiger partial charge on any atom is 0.132 e. The second-order valence-corrected chi connectivity index (χ2v) is 5.40. The van der Waals surface area contributed by atoms with Gasteiger partial charge in [-0.25, -0.2) is 4.39 Å². The Labute approximate surface area is 92.5 Å². The molecule has 1 heterocycles. The fraction of sp³-hybridized carbons (Fsp3) is 0.111. The monoisotopic (exact) mass is 278 g/mol. The summed E-state index contributed by atoms with van der Waals surface area (Å²) in [5.41, 5.74) is 0.820. The van der Waals surface area contributed by atoms with Crippen LogP contribution in [0.25, 0.3) is 10.1 Å². The molecule has 0 aliphatic rings. The van der Waals surface area contributed by atoms with Gasteiger partial charge in [-0.3, -0.25) is 0 Å². The Balaban J connectivity index is 2.75. The third-order valence-electron chi connectivity index (χ3n) is 1.77. The standard InChI is InChI=1S/C9H5BrClFS/c10-9-3-6-7(12)1-5(4-11)2-8(6)13-9/h1-3H,4H2. The molecule has 0 aliphatic carbocycles. The number of rotatable bonds is 1. The van der Waals surface area contributed by atoms with Crippen molar-refractivity contribution in [3.8, 4) is 0 Å². The van der Waals surface area contributed by atoms with Crippen LogP contribution in [0.4, 0.5) is 4.39 Å². The molecule has 0 spiro atoms. The molecule has 0 bridgehead atoms. The molecule has 0 saturated heterocycles. The summed E-state index contributed by atoms with van der Waals surface area (Å²) < 4.78 is 15.2. The topological polar surface area (TPSA) is 0 Å². The zero-order valence-corrected chi connectivity index (χ0v) is 9.64. The minimum absolute atomic E-state index is 0.199. The third-order valence-corrected chi connectivity index (χ3v) is 3.66. The van der Waals surface area contributed by atoms with Crippen LogP contribution in [0, 0.1) is 5.82 Å². The van der Waals surface area contributed by atoms with Gasteiger partial charge in [0.05, 0.1) is 3.79 Å². The zero-order chi connectivity index (χ0) is 9.42. The quantitative estimate of drug-likeness (QED) is 0.672. The van der Waals surface area contributed by atoms with Gasteiger partial charge >= 0.3 is 0 Å². The largest absolute Gasteiger partial charge is 0.206 e. The Morgan fingerprint density at radius 1 is 1.38 bits per heavy atom. The molecule has 0 unspecified atom stereocenters. The summed E-state index contributed by atoms with van der Waals surface area (Å²) in [6.07, 6.45) is 0. The zero-order valence-electron chi connectivity index (χ0n) is 6.48. The highest BCUT2D eigenvalue weighted by atomic mass is 79.9. The first-order valence-electron chi connectivity index (χ1n) is 3.64. The summed E-state index contributed by atoms with van der Waals surface area (Å²) in [4.78, 5) is 0. The van der Waals surface area contributed by atoms with Crippen LogP contribution in [0.2, 0.25) is 0 Å². The van der Waals surface area contributed by atoms with Gasteiger partial charge in [0.1, 0.15) is 5.82 Å². The summed E-state index contributed by atoms with van der Waals surface area (Å²) in [5.74, 6) is 0.151. The number of halogens is 3. The van der Waals surface area contributed by atoms with Crippen LogP contribution in [0.3, 0.4) is 0 Å². The molecule has 2 rings (SSSR count). The first-order chi connectivity index (χ1) is 6.20. The molecular formula is C9H5BrClFS. The SMILES string of the molecule is Fc1cc(CCl)cc2sc(Br)cc12. The highest BCUT2D eigenvalue weighted by Gasteiger charge is 2.06. The van der Waals surface area contributed by atoms with Crippen molar-refractivity contribution in [1.29, 1.82) is 0 Å². The van der Waals surface area contributed by atoms with E-state index in [0.29, 0.717) is 11.3 Å². The van der Waals surface area contributed by atoms with E-state index < -0.39 is 0 Å². The smallest absolute Gasteiger partial charge is 0.132 e. The minimum Gasteiger partial charge on any atom is -0.206 e. The van der Waals surface area contributed by atoms with Gasteiger partial charge in [-0.1, -0.05) is 0 Å². The lowest BCUT2D eigenvalue weighted by atomic mass is 10.2. The van der Waals surface area contributed by atoms with Gasteiger partial charge in [-0.15, -0.1) is 22.9 Å². The lowest BCUT2D eigenvalue weighted by Crippen LogP contribution is -1.80. The predicted molar refractivity (Wildman–Crippen MR) is 59.0 cm³/mol. The van der Waals surface area contributed by atoms with Gasteiger partial charge in [-0.2, -0.15) is 0 Å². The van der Waals surface area contributed by atoms with Crippen molar-refractivity contribution in [1.82, 2.24) is 0 Å². The maximum atomic E-state index is 13.4. The molecule has 0 aliphatic heterocycles. The van der Waals surface area contributed by atoms with Crippen molar-refractivity contribution in [3.05, 3.63) is 33.4 Å². The molecule has 2 aromatic rings. The van der Waals surface area contributed by atoms with E-state index in [2.05, 4.69) is 15.9 Å². The van der Waals surface area contributed by atoms with Crippen molar-refractivity contribution in [3.63, 3.8) is 0 Å². The van der Waals surface area contributed by atoms with E-state index >= 15 is 0 Å². The van der Waals surface area contributed by atoms with Crippen LogP contribution >= 0.6 is 38.9 Å². The van der Waals surface area contributed by atoms with E-state index in [1.807, 2.05) is 6.07 Å². The lowest BCUT2D eigenvalue weighted by molar-refractivity contribution is 0.639. The molecular weight excluding hydrogens is 275 g/mol. The van der Waals surface area contributed by atoms with Crippen LogP contribution in [0.5, 0.6) is 0 Å². The Hall–Kier alpha value is -0.120. The molecule has 68 valence electrons. The normalized spacial score (nSPS) is 11.0. The molecule has 13 heavy (non-hydrogen) atoms. The molecule has 0 N–H and O–H groups in total. The van der Waals surface area contributed by atoms with Crippen LogP contribution in [-0.2, 0) is 5.88 Å². The molecule has 1 aromatic heterocycles. The average molecular weight is 280 g/mol. The highest BCUT2D eigenvalue weighted by Crippen LogP contribution is 2.32. The number of hydrogen-bond donors (Lipinski definition) is 0. The van der Waals surface area contributed by atoms with Gasteiger partial charge < -0.3 is 0 Å². The highest BCUT2D eigenvalue weighted by molar-refractivity contribution is 9.11. The molecule has 0 radical (unpaired) electrons. The Morgan fingerprint density at radius 3 is 2.85 bits per heavy atom. The van der Waals surface area contributed by atoms with Gasteiger partial charge in [0.25, 0.3) is 0 Å². The third kappa shape index (κ3) is 1.73. The Kier molecular flexibility index (Phi) is 2.58. The van der Waals surface area contributed by atoms with Gasteiger partial charge in [0.2, 0.25) is 0 Å². The molecule has 0 atom stereocenters.